The molecule has 0 amide bonds. The van der Waals surface area contributed by atoms with Gasteiger partial charge < -0.3 is 20.1 Å². The number of unbranched alkanes of at least 4 members (excludes halogenated alkanes) is 2. The summed E-state index contributed by atoms with van der Waals surface area (Å²) in [6.07, 6.45) is 5.53. The predicted molar refractivity (Wildman–Crippen MR) is 125 cm³/mol. The average Bonchev–Trinajstić information content (AvgIpc) is 3.32. The Kier molecular flexibility index (Phi) is 6.30. The number of aromatic nitrogens is 7. The Morgan fingerprint density at radius 1 is 1.09 bits per heavy atom. The van der Waals surface area contributed by atoms with E-state index in [1.165, 1.54) is 23.0 Å². The lowest BCUT2D eigenvalue weighted by molar-refractivity contribution is 0.0696. The Morgan fingerprint density at radius 2 is 1.85 bits per heavy atom. The molecule has 0 aromatic carbocycles. The van der Waals surface area contributed by atoms with Crippen LogP contribution in [0.2, 0.25) is 0 Å². The topological polar surface area (TPSA) is 156 Å². The number of carboxylic acid groups (broad SMARTS) is 1. The molecule has 0 spiro atoms. The number of aromatic carboxylic acids is 1. The standard InChI is InChI=1S/C22H26N8O4/c1-13-9-14(21(32)33)10-16(26-13)15-11-24-29(3)20(15)34-8-6-4-5-7-30-18-17(27-22(30)23)12-25-28(2)19(18)31/h9-12H,4-8H2,1-3H3,(H2,23,27)(H,32,33). The Labute approximate surface area is 194 Å². The Balaban J connectivity index is 1.37. The van der Waals surface area contributed by atoms with E-state index >= 15 is 0 Å². The van der Waals surface area contributed by atoms with Crippen LogP contribution in [-0.2, 0) is 20.6 Å². The van der Waals surface area contributed by atoms with Crippen LogP contribution in [0.5, 0.6) is 5.88 Å². The molecule has 3 N–H and O–H groups in total. The smallest absolute Gasteiger partial charge is 0.335 e. The van der Waals surface area contributed by atoms with Crippen LogP contribution < -0.4 is 16.0 Å². The van der Waals surface area contributed by atoms with Gasteiger partial charge in [0.2, 0.25) is 11.8 Å². The van der Waals surface area contributed by atoms with Crippen molar-refractivity contribution in [3.8, 4) is 17.1 Å². The Bertz CT molecular complexity index is 1420. The summed E-state index contributed by atoms with van der Waals surface area (Å²) < 4.78 is 10.6. The molecule has 0 aliphatic carbocycles. The summed E-state index contributed by atoms with van der Waals surface area (Å²) in [5, 5.41) is 17.6. The summed E-state index contributed by atoms with van der Waals surface area (Å²) >= 11 is 0. The maximum absolute atomic E-state index is 12.4. The number of anilines is 1. The van der Waals surface area contributed by atoms with Gasteiger partial charge in [0.1, 0.15) is 11.0 Å². The summed E-state index contributed by atoms with van der Waals surface area (Å²) in [7, 11) is 3.35. The van der Waals surface area contributed by atoms with Crippen molar-refractivity contribution in [2.45, 2.75) is 32.7 Å². The van der Waals surface area contributed by atoms with E-state index in [2.05, 4.69) is 20.2 Å². The zero-order valence-corrected chi connectivity index (χ0v) is 19.2. The fourth-order valence-electron chi connectivity index (χ4n) is 3.80. The van der Waals surface area contributed by atoms with E-state index in [4.69, 9.17) is 10.5 Å². The number of aryl methyl sites for hydroxylation is 4. The number of ether oxygens (including phenoxy) is 1. The van der Waals surface area contributed by atoms with Crippen LogP contribution in [0.4, 0.5) is 5.95 Å². The molecule has 4 aromatic rings. The molecule has 12 nitrogen and oxygen atoms in total. The van der Waals surface area contributed by atoms with Gasteiger partial charge in [-0.05, 0) is 38.3 Å². The molecule has 0 saturated carbocycles. The Hall–Kier alpha value is -4.22. The minimum Gasteiger partial charge on any atom is -0.478 e. The molecule has 0 radical (unpaired) electrons. The van der Waals surface area contributed by atoms with Crippen molar-refractivity contribution >= 4 is 23.0 Å². The molecule has 4 heterocycles. The maximum atomic E-state index is 12.4. The van der Waals surface area contributed by atoms with Gasteiger partial charge in [-0.1, -0.05) is 0 Å². The fourth-order valence-corrected chi connectivity index (χ4v) is 3.80. The number of nitrogen functional groups attached to an aromatic ring is 1. The lowest BCUT2D eigenvalue weighted by Gasteiger charge is -2.10. The summed E-state index contributed by atoms with van der Waals surface area (Å²) in [4.78, 5) is 32.5. The second-order valence-corrected chi connectivity index (χ2v) is 8.01. The molecule has 0 aliphatic rings. The second-order valence-electron chi connectivity index (χ2n) is 8.01. The quantitative estimate of drug-likeness (QED) is 0.351. The predicted octanol–water partition coefficient (Wildman–Crippen LogP) is 1.76. The van der Waals surface area contributed by atoms with Crippen molar-refractivity contribution in [2.24, 2.45) is 14.1 Å². The first-order valence-electron chi connectivity index (χ1n) is 10.8. The number of hydrogen-bond acceptors (Lipinski definition) is 8. The van der Waals surface area contributed by atoms with E-state index in [0.29, 0.717) is 53.0 Å². The van der Waals surface area contributed by atoms with Crippen molar-refractivity contribution in [1.82, 2.24) is 34.1 Å². The van der Waals surface area contributed by atoms with Gasteiger partial charge in [-0.2, -0.15) is 10.2 Å². The molecule has 0 bridgehead atoms. The van der Waals surface area contributed by atoms with Gasteiger partial charge in [-0.15, -0.1) is 0 Å². The van der Waals surface area contributed by atoms with Crippen molar-refractivity contribution in [3.63, 3.8) is 0 Å². The van der Waals surface area contributed by atoms with Crippen LogP contribution in [0.25, 0.3) is 22.3 Å². The maximum Gasteiger partial charge on any atom is 0.335 e. The number of rotatable bonds is 9. The summed E-state index contributed by atoms with van der Waals surface area (Å²) in [6, 6.07) is 3.03. The van der Waals surface area contributed by atoms with Gasteiger partial charge in [0.15, 0.2) is 0 Å². The highest BCUT2D eigenvalue weighted by Crippen LogP contribution is 2.29. The molecular weight excluding hydrogens is 440 g/mol. The normalized spacial score (nSPS) is 11.3. The van der Waals surface area contributed by atoms with Crippen molar-refractivity contribution in [2.75, 3.05) is 12.3 Å². The number of hydrogen-bond donors (Lipinski definition) is 2. The van der Waals surface area contributed by atoms with E-state index in [1.54, 1.807) is 36.5 Å². The van der Waals surface area contributed by atoms with Crippen molar-refractivity contribution < 1.29 is 14.6 Å². The third-order valence-electron chi connectivity index (χ3n) is 5.50. The van der Waals surface area contributed by atoms with Crippen molar-refractivity contribution in [3.05, 3.63) is 46.1 Å². The van der Waals surface area contributed by atoms with E-state index in [9.17, 15) is 14.7 Å². The minimum atomic E-state index is -1.02. The van der Waals surface area contributed by atoms with E-state index in [1.807, 2.05) is 0 Å². The molecule has 0 aliphatic heterocycles. The highest BCUT2D eigenvalue weighted by molar-refractivity contribution is 5.89. The largest absolute Gasteiger partial charge is 0.478 e. The first kappa shape index (κ1) is 23.0. The summed E-state index contributed by atoms with van der Waals surface area (Å²) in [6.45, 7) is 2.75. The number of pyridine rings is 1. The molecule has 0 atom stereocenters. The molecule has 4 rings (SSSR count). The number of carboxylic acids is 1. The number of nitrogens with zero attached hydrogens (tertiary/aromatic N) is 7. The molecule has 12 heteroatoms. The number of imidazole rings is 1. The average molecular weight is 467 g/mol. The first-order valence-corrected chi connectivity index (χ1v) is 10.8. The van der Waals surface area contributed by atoms with Gasteiger partial charge >= 0.3 is 5.97 Å². The number of nitrogens with two attached hydrogens (primary N) is 1. The molecular formula is C22H26N8O4. The second kappa shape index (κ2) is 9.33. The highest BCUT2D eigenvalue weighted by atomic mass is 16.5. The van der Waals surface area contributed by atoms with Crippen molar-refractivity contribution in [1.29, 1.82) is 0 Å². The van der Waals surface area contributed by atoms with Gasteiger partial charge in [0, 0.05) is 26.3 Å². The van der Waals surface area contributed by atoms with Gasteiger partial charge in [0.05, 0.1) is 35.8 Å². The van der Waals surface area contributed by atoms with Gasteiger partial charge in [0.25, 0.3) is 5.56 Å². The van der Waals surface area contributed by atoms with Crippen LogP contribution in [-0.4, -0.2) is 51.8 Å². The molecule has 0 unspecified atom stereocenters. The molecule has 0 fully saturated rings. The van der Waals surface area contributed by atoms with E-state index < -0.39 is 5.97 Å². The zero-order chi connectivity index (χ0) is 24.4. The fraction of sp³-hybridized carbons (Fsp3) is 0.364. The molecule has 0 saturated heterocycles. The van der Waals surface area contributed by atoms with Crippen LogP contribution in [0, 0.1) is 6.92 Å². The van der Waals surface area contributed by atoms with E-state index in [0.717, 1.165) is 19.3 Å². The third-order valence-corrected chi connectivity index (χ3v) is 5.50. The number of carbonyl (C=O) groups is 1. The van der Waals surface area contributed by atoms with Crippen LogP contribution in [0.1, 0.15) is 35.3 Å². The van der Waals surface area contributed by atoms with Crippen LogP contribution in [0.3, 0.4) is 0 Å². The minimum absolute atomic E-state index is 0.161. The van der Waals surface area contributed by atoms with E-state index in [-0.39, 0.29) is 11.1 Å². The lowest BCUT2D eigenvalue weighted by atomic mass is 10.1. The molecule has 178 valence electrons. The molecule has 34 heavy (non-hydrogen) atoms. The number of fused-ring (bicyclic) bond motifs is 1. The monoisotopic (exact) mass is 466 g/mol. The molecule has 4 aromatic heterocycles. The van der Waals surface area contributed by atoms with Crippen LogP contribution in [0.15, 0.2) is 29.3 Å². The SMILES string of the molecule is Cc1cc(C(=O)O)cc(-c2cnn(C)c2OCCCCCn2c(N)nc3cnn(C)c(=O)c32)n1. The highest BCUT2D eigenvalue weighted by Gasteiger charge is 2.17. The lowest BCUT2D eigenvalue weighted by Crippen LogP contribution is -2.21. The summed E-state index contributed by atoms with van der Waals surface area (Å²) in [5.41, 5.74) is 8.61. The Morgan fingerprint density at radius 3 is 2.62 bits per heavy atom. The zero-order valence-electron chi connectivity index (χ0n) is 19.2. The van der Waals surface area contributed by atoms with Gasteiger partial charge in [-0.3, -0.25) is 9.78 Å². The van der Waals surface area contributed by atoms with Crippen LogP contribution >= 0.6 is 0 Å². The van der Waals surface area contributed by atoms with Gasteiger partial charge in [-0.25, -0.2) is 19.1 Å². The first-order chi connectivity index (χ1) is 16.3. The third kappa shape index (κ3) is 4.47. The summed E-state index contributed by atoms with van der Waals surface area (Å²) in [5.74, 6) is -0.198.